The predicted molar refractivity (Wildman–Crippen MR) is 93.5 cm³/mol. The Hall–Kier alpha value is -2.82. The van der Waals surface area contributed by atoms with Crippen molar-refractivity contribution in [3.63, 3.8) is 0 Å². The normalized spacial score (nSPS) is 11.4. The number of hydrogen-bond donors (Lipinski definition) is 1. The van der Waals surface area contributed by atoms with Gasteiger partial charge in [-0.15, -0.1) is 0 Å². The topological polar surface area (TPSA) is 68.5 Å². The molecule has 5 heteroatoms. The van der Waals surface area contributed by atoms with E-state index in [9.17, 15) is 14.7 Å². The molecular formula is C19H21NO4. The molecule has 0 spiro atoms. The number of hydrogen-bond acceptors (Lipinski definition) is 3. The van der Waals surface area contributed by atoms with Crippen LogP contribution in [0.1, 0.15) is 26.3 Å². The van der Waals surface area contributed by atoms with Gasteiger partial charge in [0.05, 0.1) is 17.8 Å². The molecule has 126 valence electrons. The second kappa shape index (κ2) is 7.17. The van der Waals surface area contributed by atoms with Crippen LogP contribution >= 0.6 is 0 Å². The van der Waals surface area contributed by atoms with Gasteiger partial charge >= 0.3 is 11.9 Å². The SMILES string of the molecule is CCOC(=O)C(=C(C)C)/C(=C/c1cn(C)c2ccccc12)C(=O)O. The van der Waals surface area contributed by atoms with Gasteiger partial charge < -0.3 is 14.4 Å². The van der Waals surface area contributed by atoms with E-state index in [1.165, 1.54) is 6.08 Å². The van der Waals surface area contributed by atoms with Gasteiger partial charge in [0, 0.05) is 29.7 Å². The molecule has 0 bridgehead atoms. The fourth-order valence-electron chi connectivity index (χ4n) is 2.67. The Morgan fingerprint density at radius 2 is 1.92 bits per heavy atom. The third-order valence-electron chi connectivity index (χ3n) is 3.71. The lowest BCUT2D eigenvalue weighted by molar-refractivity contribution is -0.140. The lowest BCUT2D eigenvalue weighted by atomic mass is 9.99. The number of carboxylic acids is 1. The van der Waals surface area contributed by atoms with Crippen molar-refractivity contribution in [3.8, 4) is 0 Å². The van der Waals surface area contributed by atoms with E-state index in [1.54, 1.807) is 20.8 Å². The molecule has 0 saturated carbocycles. The zero-order valence-corrected chi connectivity index (χ0v) is 14.3. The summed E-state index contributed by atoms with van der Waals surface area (Å²) < 4.78 is 6.94. The Labute approximate surface area is 140 Å². The van der Waals surface area contributed by atoms with Crippen molar-refractivity contribution < 1.29 is 19.4 Å². The van der Waals surface area contributed by atoms with Crippen LogP contribution in [0.2, 0.25) is 0 Å². The number of carboxylic acid groups (broad SMARTS) is 1. The highest BCUT2D eigenvalue weighted by atomic mass is 16.5. The smallest absolute Gasteiger partial charge is 0.338 e. The quantitative estimate of drug-likeness (QED) is 0.518. The summed E-state index contributed by atoms with van der Waals surface area (Å²) in [4.78, 5) is 24.0. The summed E-state index contributed by atoms with van der Waals surface area (Å²) in [5, 5.41) is 10.6. The number of esters is 1. The number of aliphatic carboxylic acids is 1. The highest BCUT2D eigenvalue weighted by Crippen LogP contribution is 2.26. The first-order valence-corrected chi connectivity index (χ1v) is 7.70. The average molecular weight is 327 g/mol. The third kappa shape index (κ3) is 3.40. The molecule has 1 heterocycles. The van der Waals surface area contributed by atoms with Crippen molar-refractivity contribution in [2.75, 3.05) is 6.61 Å². The highest BCUT2D eigenvalue weighted by molar-refractivity contribution is 6.10. The summed E-state index contributed by atoms with van der Waals surface area (Å²) in [6.45, 7) is 5.28. The first kappa shape index (κ1) is 17.5. The molecule has 0 aliphatic rings. The first-order chi connectivity index (χ1) is 11.4. The Bertz CT molecular complexity index is 851. The minimum absolute atomic E-state index is 0.0650. The van der Waals surface area contributed by atoms with Gasteiger partial charge in [0.2, 0.25) is 0 Å². The van der Waals surface area contributed by atoms with E-state index in [2.05, 4.69) is 0 Å². The number of carbonyl (C=O) groups excluding carboxylic acids is 1. The number of benzene rings is 1. The second-order valence-corrected chi connectivity index (χ2v) is 5.67. The largest absolute Gasteiger partial charge is 0.478 e. The number of rotatable bonds is 5. The molecule has 1 aromatic carbocycles. The maximum atomic E-state index is 12.2. The second-order valence-electron chi connectivity index (χ2n) is 5.67. The summed E-state index contributed by atoms with van der Waals surface area (Å²) in [7, 11) is 1.90. The molecule has 0 radical (unpaired) electrons. The zero-order chi connectivity index (χ0) is 17.9. The number of carbonyl (C=O) groups is 2. The maximum Gasteiger partial charge on any atom is 0.338 e. The van der Waals surface area contributed by atoms with Crippen LogP contribution in [0.4, 0.5) is 0 Å². The summed E-state index contributed by atoms with van der Waals surface area (Å²) in [5.41, 5.74) is 2.36. The molecule has 1 N–H and O–H groups in total. The fraction of sp³-hybridized carbons (Fsp3) is 0.263. The summed E-state index contributed by atoms with van der Waals surface area (Å²) in [6.07, 6.45) is 3.38. The number of aryl methyl sites for hydroxylation is 1. The van der Waals surface area contributed by atoms with Crippen molar-refractivity contribution in [1.29, 1.82) is 0 Å². The predicted octanol–water partition coefficient (Wildman–Crippen LogP) is 3.55. The molecule has 0 amide bonds. The lowest BCUT2D eigenvalue weighted by Crippen LogP contribution is -2.16. The molecule has 0 fully saturated rings. The number of ether oxygens (including phenoxy) is 1. The van der Waals surface area contributed by atoms with E-state index in [-0.39, 0.29) is 17.8 Å². The summed E-state index contributed by atoms with van der Waals surface area (Å²) >= 11 is 0. The Balaban J connectivity index is 2.65. The molecule has 0 atom stereocenters. The molecule has 0 saturated heterocycles. The van der Waals surface area contributed by atoms with Crippen molar-refractivity contribution in [3.05, 3.63) is 52.7 Å². The number of aromatic nitrogens is 1. The number of fused-ring (bicyclic) bond motifs is 1. The molecule has 2 rings (SSSR count). The number of allylic oxidation sites excluding steroid dienone is 1. The van der Waals surface area contributed by atoms with Crippen LogP contribution in [0.5, 0.6) is 0 Å². The van der Waals surface area contributed by atoms with Gasteiger partial charge in [-0.25, -0.2) is 9.59 Å². The van der Waals surface area contributed by atoms with Crippen LogP contribution in [0.3, 0.4) is 0 Å². The van der Waals surface area contributed by atoms with Gasteiger partial charge in [0.1, 0.15) is 0 Å². The van der Waals surface area contributed by atoms with Crippen molar-refractivity contribution >= 4 is 28.9 Å². The van der Waals surface area contributed by atoms with Crippen molar-refractivity contribution in [2.45, 2.75) is 20.8 Å². The molecule has 0 aliphatic heterocycles. The van der Waals surface area contributed by atoms with Crippen LogP contribution in [-0.4, -0.2) is 28.2 Å². The monoisotopic (exact) mass is 327 g/mol. The standard InChI is InChI=1S/C19H21NO4/c1-5-24-19(23)17(12(2)3)15(18(21)22)10-13-11-20(4)16-9-7-6-8-14(13)16/h6-11H,5H2,1-4H3,(H,21,22)/b15-10-. The first-order valence-electron chi connectivity index (χ1n) is 7.70. The minimum atomic E-state index is -1.16. The molecule has 1 aromatic heterocycles. The van der Waals surface area contributed by atoms with Crippen LogP contribution in [0.15, 0.2) is 47.2 Å². The van der Waals surface area contributed by atoms with Gasteiger partial charge in [-0.3, -0.25) is 0 Å². The van der Waals surface area contributed by atoms with E-state index in [4.69, 9.17) is 4.74 Å². The van der Waals surface area contributed by atoms with Crippen LogP contribution in [0.25, 0.3) is 17.0 Å². The zero-order valence-electron chi connectivity index (χ0n) is 14.3. The number of nitrogens with zero attached hydrogens (tertiary/aromatic N) is 1. The van der Waals surface area contributed by atoms with E-state index >= 15 is 0 Å². The third-order valence-corrected chi connectivity index (χ3v) is 3.71. The fourth-order valence-corrected chi connectivity index (χ4v) is 2.67. The molecule has 0 aliphatic carbocycles. The summed E-state index contributed by atoms with van der Waals surface area (Å²) in [5.74, 6) is -1.78. The maximum absolute atomic E-state index is 12.2. The van der Waals surface area contributed by atoms with Gasteiger partial charge in [-0.05, 0) is 32.9 Å². The van der Waals surface area contributed by atoms with E-state index in [0.29, 0.717) is 5.57 Å². The Morgan fingerprint density at radius 3 is 2.50 bits per heavy atom. The molecule has 5 nitrogen and oxygen atoms in total. The van der Waals surface area contributed by atoms with Crippen molar-refractivity contribution in [2.24, 2.45) is 7.05 Å². The van der Waals surface area contributed by atoms with E-state index in [1.807, 2.05) is 42.1 Å². The van der Waals surface area contributed by atoms with Crippen LogP contribution in [0, 0.1) is 0 Å². The Morgan fingerprint density at radius 1 is 1.25 bits per heavy atom. The van der Waals surface area contributed by atoms with E-state index in [0.717, 1.165) is 16.5 Å². The van der Waals surface area contributed by atoms with Gasteiger partial charge in [-0.2, -0.15) is 0 Å². The minimum Gasteiger partial charge on any atom is -0.478 e. The molecule has 24 heavy (non-hydrogen) atoms. The van der Waals surface area contributed by atoms with Crippen LogP contribution in [-0.2, 0) is 21.4 Å². The van der Waals surface area contributed by atoms with Gasteiger partial charge in [0.15, 0.2) is 0 Å². The van der Waals surface area contributed by atoms with Crippen molar-refractivity contribution in [1.82, 2.24) is 4.57 Å². The average Bonchev–Trinajstić information content (AvgIpc) is 2.83. The lowest BCUT2D eigenvalue weighted by Gasteiger charge is -2.10. The highest BCUT2D eigenvalue weighted by Gasteiger charge is 2.23. The summed E-state index contributed by atoms with van der Waals surface area (Å²) in [6, 6.07) is 7.70. The van der Waals surface area contributed by atoms with Gasteiger partial charge in [-0.1, -0.05) is 23.8 Å². The van der Waals surface area contributed by atoms with E-state index < -0.39 is 11.9 Å². The number of para-hydroxylation sites is 1. The molecular weight excluding hydrogens is 306 g/mol. The van der Waals surface area contributed by atoms with Gasteiger partial charge in [0.25, 0.3) is 0 Å². The Kier molecular flexibility index (Phi) is 5.24. The molecule has 2 aromatic rings. The van der Waals surface area contributed by atoms with Crippen LogP contribution < -0.4 is 0 Å². The molecule has 0 unspecified atom stereocenters.